The number of rotatable bonds is 4. The maximum Gasteiger partial charge on any atom is 0.417 e. The van der Waals surface area contributed by atoms with E-state index in [0.717, 1.165) is 30.7 Å². The number of ether oxygens (including phenoxy) is 2. The summed E-state index contributed by atoms with van der Waals surface area (Å²) in [6.07, 6.45) is 1.07. The molecule has 0 spiro atoms. The van der Waals surface area contributed by atoms with Gasteiger partial charge < -0.3 is 14.4 Å². The molecule has 7 nitrogen and oxygen atoms in total. The number of aromatic nitrogens is 2. The molecule has 5 rings (SSSR count). The minimum Gasteiger partial charge on any atom is -0.472 e. The predicted molar refractivity (Wildman–Crippen MR) is 112 cm³/mol. The Hall–Kier alpha value is -2.59. The molecule has 0 N–H and O–H groups in total. The van der Waals surface area contributed by atoms with Crippen molar-refractivity contribution in [2.45, 2.75) is 43.5 Å². The highest BCUT2D eigenvalue weighted by Gasteiger charge is 2.39. The first-order valence-electron chi connectivity index (χ1n) is 10.8. The highest BCUT2D eigenvalue weighted by molar-refractivity contribution is 6.31. The van der Waals surface area contributed by atoms with E-state index < -0.39 is 22.9 Å². The van der Waals surface area contributed by atoms with Gasteiger partial charge in [-0.2, -0.15) is 13.2 Å². The molecule has 3 aliphatic rings. The molecule has 1 aliphatic carbocycles. The third kappa shape index (κ3) is 5.01. The van der Waals surface area contributed by atoms with E-state index in [9.17, 15) is 18.0 Å². The second-order valence-corrected chi connectivity index (χ2v) is 9.04. The average Bonchev–Trinajstić information content (AvgIpc) is 3.54. The van der Waals surface area contributed by atoms with Crippen molar-refractivity contribution in [2.75, 3.05) is 26.2 Å². The fraction of sp³-hybridized carbons (Fsp3) is 0.500. The van der Waals surface area contributed by atoms with Crippen molar-refractivity contribution in [2.24, 2.45) is 0 Å². The Morgan fingerprint density at radius 2 is 1.94 bits per heavy atom. The second kappa shape index (κ2) is 8.64. The fourth-order valence-electron chi connectivity index (χ4n) is 4.35. The van der Waals surface area contributed by atoms with Gasteiger partial charge in [0.15, 0.2) is 0 Å². The zero-order valence-electron chi connectivity index (χ0n) is 17.6. The normalized spacial score (nSPS) is 23.3. The molecule has 0 unspecified atom stereocenters. The number of amides is 1. The molecule has 33 heavy (non-hydrogen) atoms. The molecule has 2 atom stereocenters. The van der Waals surface area contributed by atoms with E-state index in [2.05, 4.69) is 14.9 Å². The molecule has 176 valence electrons. The predicted octanol–water partition coefficient (Wildman–Crippen LogP) is 4.36. The van der Waals surface area contributed by atoms with Crippen molar-refractivity contribution in [3.8, 4) is 11.6 Å². The van der Waals surface area contributed by atoms with Crippen LogP contribution in [0.15, 0.2) is 30.6 Å². The minimum atomic E-state index is -4.63. The van der Waals surface area contributed by atoms with Crippen LogP contribution in [0, 0.1) is 0 Å². The summed E-state index contributed by atoms with van der Waals surface area (Å²) in [5.41, 5.74) is -0.0354. The van der Waals surface area contributed by atoms with E-state index in [0.29, 0.717) is 44.4 Å². The first kappa shape index (κ1) is 22.2. The standard InChI is InChI=1S/C22H22ClF3N4O3/c23-18-4-3-15(8-17(18)22(24,25)26)33-21(31)30-6-5-29-12-16(7-14(29)11-30)32-20-10-27-19(9-28-20)13-1-2-13/h3-4,8-10,13-14,16H,1-2,5-7,11-12H2/t14-,16+/m0/s1. The Kier molecular flexibility index (Phi) is 5.82. The average molecular weight is 483 g/mol. The van der Waals surface area contributed by atoms with Crippen LogP contribution in [-0.2, 0) is 6.18 Å². The Morgan fingerprint density at radius 1 is 1.12 bits per heavy atom. The molecule has 1 aromatic carbocycles. The lowest BCUT2D eigenvalue weighted by molar-refractivity contribution is -0.137. The maximum atomic E-state index is 13.1. The number of piperazine rings is 1. The van der Waals surface area contributed by atoms with E-state index in [1.54, 1.807) is 12.4 Å². The zero-order valence-corrected chi connectivity index (χ0v) is 18.3. The van der Waals surface area contributed by atoms with Crippen molar-refractivity contribution in [1.29, 1.82) is 0 Å². The van der Waals surface area contributed by atoms with Crippen LogP contribution < -0.4 is 9.47 Å². The van der Waals surface area contributed by atoms with E-state index in [1.165, 1.54) is 11.0 Å². The summed E-state index contributed by atoms with van der Waals surface area (Å²) in [6.45, 7) is 2.16. The zero-order chi connectivity index (χ0) is 23.2. The quantitative estimate of drug-likeness (QED) is 0.645. The number of halogens is 4. The molecule has 2 aliphatic heterocycles. The molecule has 0 radical (unpaired) electrons. The molecule has 3 fully saturated rings. The summed E-state index contributed by atoms with van der Waals surface area (Å²) in [6, 6.07) is 3.14. The van der Waals surface area contributed by atoms with E-state index in [4.69, 9.17) is 21.1 Å². The number of alkyl halides is 3. The van der Waals surface area contributed by atoms with Crippen LogP contribution in [0.25, 0.3) is 0 Å². The van der Waals surface area contributed by atoms with Gasteiger partial charge in [-0.25, -0.2) is 9.78 Å². The lowest BCUT2D eigenvalue weighted by atomic mass is 10.1. The Morgan fingerprint density at radius 3 is 2.64 bits per heavy atom. The maximum absolute atomic E-state index is 13.1. The molecular formula is C22H22ClF3N4O3. The van der Waals surface area contributed by atoms with Gasteiger partial charge in [-0.05, 0) is 31.0 Å². The Balaban J connectivity index is 1.16. The number of benzene rings is 1. The van der Waals surface area contributed by atoms with Gasteiger partial charge in [-0.15, -0.1) is 0 Å². The van der Waals surface area contributed by atoms with Gasteiger partial charge in [-0.3, -0.25) is 9.88 Å². The number of carbonyl (C=O) groups is 1. The van der Waals surface area contributed by atoms with Crippen molar-refractivity contribution in [1.82, 2.24) is 19.8 Å². The minimum absolute atomic E-state index is 0.0716. The largest absolute Gasteiger partial charge is 0.472 e. The number of carbonyl (C=O) groups excluding carboxylic acids is 1. The molecule has 2 saturated heterocycles. The SMILES string of the molecule is O=C(Oc1ccc(Cl)c(C(F)(F)F)c1)N1CCN2C[C@H](Oc3cnc(C4CC4)cn3)C[C@H]2C1. The molecule has 1 saturated carbocycles. The monoisotopic (exact) mass is 482 g/mol. The van der Waals surface area contributed by atoms with E-state index >= 15 is 0 Å². The van der Waals surface area contributed by atoms with Crippen LogP contribution >= 0.6 is 11.6 Å². The van der Waals surface area contributed by atoms with E-state index in [1.807, 2.05) is 0 Å². The Bertz CT molecular complexity index is 1030. The molecular weight excluding hydrogens is 461 g/mol. The summed E-state index contributed by atoms with van der Waals surface area (Å²) in [5, 5.41) is -0.445. The summed E-state index contributed by atoms with van der Waals surface area (Å²) in [4.78, 5) is 25.1. The van der Waals surface area contributed by atoms with Crippen molar-refractivity contribution in [3.63, 3.8) is 0 Å². The number of fused-ring (bicyclic) bond motifs is 1. The molecule has 0 bridgehead atoms. The van der Waals surface area contributed by atoms with Gasteiger partial charge >= 0.3 is 12.3 Å². The van der Waals surface area contributed by atoms with Crippen LogP contribution in [-0.4, -0.2) is 64.2 Å². The highest BCUT2D eigenvalue weighted by Crippen LogP contribution is 2.39. The lowest BCUT2D eigenvalue weighted by Crippen LogP contribution is -2.52. The Labute approximate surface area is 193 Å². The fourth-order valence-corrected chi connectivity index (χ4v) is 4.57. The van der Waals surface area contributed by atoms with Crippen molar-refractivity contribution in [3.05, 3.63) is 46.9 Å². The summed E-state index contributed by atoms with van der Waals surface area (Å²) < 4.78 is 50.4. The van der Waals surface area contributed by atoms with Gasteiger partial charge in [0, 0.05) is 44.6 Å². The van der Waals surface area contributed by atoms with Crippen LogP contribution in [0.2, 0.25) is 5.02 Å². The van der Waals surface area contributed by atoms with Crippen molar-refractivity contribution < 1.29 is 27.4 Å². The smallest absolute Gasteiger partial charge is 0.417 e. The first-order chi connectivity index (χ1) is 15.8. The molecule has 1 aromatic heterocycles. The summed E-state index contributed by atoms with van der Waals surface area (Å²) in [7, 11) is 0. The van der Waals surface area contributed by atoms with Crippen LogP contribution in [0.4, 0.5) is 18.0 Å². The van der Waals surface area contributed by atoms with Crippen LogP contribution in [0.3, 0.4) is 0 Å². The second-order valence-electron chi connectivity index (χ2n) is 8.63. The molecule has 1 amide bonds. The summed E-state index contributed by atoms with van der Waals surface area (Å²) in [5.74, 6) is 0.828. The van der Waals surface area contributed by atoms with E-state index in [-0.39, 0.29) is 17.9 Å². The number of nitrogens with zero attached hydrogens (tertiary/aromatic N) is 4. The van der Waals surface area contributed by atoms with Gasteiger partial charge in [0.25, 0.3) is 0 Å². The topological polar surface area (TPSA) is 67.8 Å². The lowest BCUT2D eigenvalue weighted by Gasteiger charge is -2.36. The summed E-state index contributed by atoms with van der Waals surface area (Å²) >= 11 is 5.63. The van der Waals surface area contributed by atoms with Crippen LogP contribution in [0.5, 0.6) is 11.6 Å². The molecule has 11 heteroatoms. The van der Waals surface area contributed by atoms with Gasteiger partial charge in [0.2, 0.25) is 5.88 Å². The van der Waals surface area contributed by atoms with Gasteiger partial charge in [0.1, 0.15) is 11.9 Å². The van der Waals surface area contributed by atoms with Crippen molar-refractivity contribution >= 4 is 17.7 Å². The first-order valence-corrected chi connectivity index (χ1v) is 11.2. The number of hydrogen-bond donors (Lipinski definition) is 0. The number of hydrogen-bond acceptors (Lipinski definition) is 6. The molecule has 2 aromatic rings. The third-order valence-corrected chi connectivity index (χ3v) is 6.55. The molecule has 3 heterocycles. The third-order valence-electron chi connectivity index (χ3n) is 6.22. The highest BCUT2D eigenvalue weighted by atomic mass is 35.5. The van der Waals surface area contributed by atoms with Gasteiger partial charge in [-0.1, -0.05) is 11.6 Å². The van der Waals surface area contributed by atoms with Gasteiger partial charge in [0.05, 0.1) is 28.7 Å². The van der Waals surface area contributed by atoms with Crippen LogP contribution in [0.1, 0.15) is 36.4 Å².